The average Bonchev–Trinajstić information content (AvgIpc) is 2.26. The van der Waals surface area contributed by atoms with Gasteiger partial charge in [0.1, 0.15) is 5.88 Å². The lowest BCUT2D eigenvalue weighted by atomic mass is 9.82. The molecule has 0 aromatic carbocycles. The molecule has 3 amide bonds. The van der Waals surface area contributed by atoms with E-state index in [0.29, 0.717) is 12.5 Å². The average molecular weight is 247 g/mol. The molecule has 5 heteroatoms. The van der Waals surface area contributed by atoms with Gasteiger partial charge in [0.2, 0.25) is 5.91 Å². The van der Waals surface area contributed by atoms with Crippen molar-refractivity contribution in [2.75, 3.05) is 12.4 Å². The van der Waals surface area contributed by atoms with E-state index in [2.05, 4.69) is 17.6 Å². The topological polar surface area (TPSA) is 58.2 Å². The molecule has 0 heterocycles. The summed E-state index contributed by atoms with van der Waals surface area (Å²) in [5.41, 5.74) is 0. The SMILES string of the molecule is CC1CCCC(CNC(=O)NC(=O)CCl)C1. The first-order valence-electron chi connectivity index (χ1n) is 5.75. The zero-order chi connectivity index (χ0) is 12.0. The highest BCUT2D eigenvalue weighted by Crippen LogP contribution is 2.27. The molecule has 4 nitrogen and oxygen atoms in total. The molecule has 1 saturated carbocycles. The zero-order valence-electron chi connectivity index (χ0n) is 9.59. The smallest absolute Gasteiger partial charge is 0.321 e. The minimum Gasteiger partial charge on any atom is -0.338 e. The predicted molar refractivity (Wildman–Crippen MR) is 63.4 cm³/mol. The number of carbonyl (C=O) groups is 2. The Hall–Kier alpha value is -0.770. The fourth-order valence-corrected chi connectivity index (χ4v) is 2.25. The van der Waals surface area contributed by atoms with E-state index in [0.717, 1.165) is 18.8 Å². The van der Waals surface area contributed by atoms with Crippen molar-refractivity contribution in [1.29, 1.82) is 0 Å². The second-order valence-corrected chi connectivity index (χ2v) is 4.80. The van der Waals surface area contributed by atoms with Crippen molar-refractivity contribution >= 4 is 23.5 Å². The fourth-order valence-electron chi connectivity index (χ4n) is 2.19. The van der Waals surface area contributed by atoms with Crippen LogP contribution in [0, 0.1) is 11.8 Å². The van der Waals surface area contributed by atoms with E-state index in [1.807, 2.05) is 0 Å². The van der Waals surface area contributed by atoms with Crippen molar-refractivity contribution < 1.29 is 9.59 Å². The van der Waals surface area contributed by atoms with Gasteiger partial charge in [-0.1, -0.05) is 19.8 Å². The lowest BCUT2D eigenvalue weighted by Gasteiger charge is -2.26. The molecule has 1 rings (SSSR count). The first-order valence-corrected chi connectivity index (χ1v) is 6.29. The maximum atomic E-state index is 11.2. The molecule has 92 valence electrons. The Labute approximate surface area is 101 Å². The highest BCUT2D eigenvalue weighted by molar-refractivity contribution is 6.28. The van der Waals surface area contributed by atoms with E-state index >= 15 is 0 Å². The van der Waals surface area contributed by atoms with Crippen LogP contribution >= 0.6 is 11.6 Å². The maximum Gasteiger partial charge on any atom is 0.321 e. The standard InChI is InChI=1S/C11H19ClN2O2/c1-8-3-2-4-9(5-8)7-13-11(16)14-10(15)6-12/h8-9H,2-7H2,1H3,(H2,13,14,15,16). The monoisotopic (exact) mass is 246 g/mol. The summed E-state index contributed by atoms with van der Waals surface area (Å²) in [6.45, 7) is 2.88. The maximum absolute atomic E-state index is 11.2. The van der Waals surface area contributed by atoms with Gasteiger partial charge in [-0.2, -0.15) is 0 Å². The van der Waals surface area contributed by atoms with E-state index in [1.165, 1.54) is 12.8 Å². The fraction of sp³-hybridized carbons (Fsp3) is 0.818. The molecule has 0 spiro atoms. The number of rotatable bonds is 3. The number of imide groups is 1. The third-order valence-corrected chi connectivity index (χ3v) is 3.21. The van der Waals surface area contributed by atoms with Gasteiger partial charge in [-0.3, -0.25) is 10.1 Å². The van der Waals surface area contributed by atoms with Crippen LogP contribution in [0.2, 0.25) is 0 Å². The van der Waals surface area contributed by atoms with Crippen LogP contribution in [0.1, 0.15) is 32.6 Å². The van der Waals surface area contributed by atoms with Crippen molar-refractivity contribution in [2.24, 2.45) is 11.8 Å². The summed E-state index contributed by atoms with van der Waals surface area (Å²) in [4.78, 5) is 22.1. The van der Waals surface area contributed by atoms with Crippen LogP contribution in [0.5, 0.6) is 0 Å². The largest absolute Gasteiger partial charge is 0.338 e. The van der Waals surface area contributed by atoms with Crippen LogP contribution in [-0.2, 0) is 4.79 Å². The molecule has 0 radical (unpaired) electrons. The normalized spacial score (nSPS) is 24.9. The van der Waals surface area contributed by atoms with Crippen LogP contribution in [0.3, 0.4) is 0 Å². The summed E-state index contributed by atoms with van der Waals surface area (Å²) in [7, 11) is 0. The van der Waals surface area contributed by atoms with Crippen molar-refractivity contribution in [3.63, 3.8) is 0 Å². The number of halogens is 1. The molecule has 0 aromatic rings. The minimum atomic E-state index is -0.462. The molecule has 1 aliphatic rings. The van der Waals surface area contributed by atoms with Gasteiger partial charge in [0, 0.05) is 6.54 Å². The zero-order valence-corrected chi connectivity index (χ0v) is 10.3. The van der Waals surface area contributed by atoms with Crippen molar-refractivity contribution in [3.05, 3.63) is 0 Å². The number of hydrogen-bond acceptors (Lipinski definition) is 2. The molecule has 1 aliphatic carbocycles. The third kappa shape index (κ3) is 4.84. The lowest BCUT2D eigenvalue weighted by Crippen LogP contribution is -2.42. The minimum absolute atomic E-state index is 0.187. The molecule has 0 aromatic heterocycles. The summed E-state index contributed by atoms with van der Waals surface area (Å²) in [5, 5.41) is 4.87. The molecule has 2 N–H and O–H groups in total. The Morgan fingerprint density at radius 1 is 1.38 bits per heavy atom. The van der Waals surface area contributed by atoms with Crippen molar-refractivity contribution in [2.45, 2.75) is 32.6 Å². The first kappa shape index (κ1) is 13.3. The number of urea groups is 1. The molecular formula is C11H19ClN2O2. The Morgan fingerprint density at radius 3 is 2.75 bits per heavy atom. The number of hydrogen-bond donors (Lipinski definition) is 2. The summed E-state index contributed by atoms with van der Waals surface area (Å²) >= 11 is 5.27. The molecular weight excluding hydrogens is 228 g/mol. The second kappa shape index (κ2) is 6.74. The predicted octanol–water partition coefficient (Wildman–Crippen LogP) is 1.88. The van der Waals surface area contributed by atoms with E-state index in [9.17, 15) is 9.59 Å². The van der Waals surface area contributed by atoms with Gasteiger partial charge in [0.15, 0.2) is 0 Å². The van der Waals surface area contributed by atoms with Gasteiger partial charge in [-0.25, -0.2) is 4.79 Å². The van der Waals surface area contributed by atoms with E-state index in [-0.39, 0.29) is 5.88 Å². The van der Waals surface area contributed by atoms with Crippen molar-refractivity contribution in [1.82, 2.24) is 10.6 Å². The number of nitrogens with one attached hydrogen (secondary N) is 2. The van der Waals surface area contributed by atoms with E-state index in [4.69, 9.17) is 11.6 Å². The molecule has 0 saturated heterocycles. The highest BCUT2D eigenvalue weighted by atomic mass is 35.5. The second-order valence-electron chi connectivity index (χ2n) is 4.53. The number of amides is 3. The first-order chi connectivity index (χ1) is 7.61. The van der Waals surface area contributed by atoms with Gasteiger partial charge in [0.05, 0.1) is 0 Å². The Bertz CT molecular complexity index is 258. The lowest BCUT2D eigenvalue weighted by molar-refractivity contribution is -0.117. The van der Waals surface area contributed by atoms with Crippen LogP contribution in [0.25, 0.3) is 0 Å². The molecule has 0 aliphatic heterocycles. The Kier molecular flexibility index (Phi) is 5.60. The van der Waals surface area contributed by atoms with Gasteiger partial charge >= 0.3 is 6.03 Å². The summed E-state index contributed by atoms with van der Waals surface area (Å²) in [5.74, 6) is 0.637. The molecule has 2 unspecified atom stereocenters. The van der Waals surface area contributed by atoms with Crippen LogP contribution in [-0.4, -0.2) is 24.4 Å². The van der Waals surface area contributed by atoms with Gasteiger partial charge in [-0.05, 0) is 24.7 Å². The van der Waals surface area contributed by atoms with Gasteiger partial charge in [-0.15, -0.1) is 11.6 Å². The summed E-state index contributed by atoms with van der Waals surface area (Å²) in [6.07, 6.45) is 4.83. The Morgan fingerprint density at radius 2 is 2.12 bits per heavy atom. The van der Waals surface area contributed by atoms with Crippen LogP contribution < -0.4 is 10.6 Å². The summed E-state index contributed by atoms with van der Waals surface area (Å²) in [6, 6.07) is -0.441. The van der Waals surface area contributed by atoms with Crippen LogP contribution in [0.15, 0.2) is 0 Å². The number of alkyl halides is 1. The van der Waals surface area contributed by atoms with Gasteiger partial charge < -0.3 is 5.32 Å². The van der Waals surface area contributed by atoms with Gasteiger partial charge in [0.25, 0.3) is 0 Å². The quantitative estimate of drug-likeness (QED) is 0.747. The van der Waals surface area contributed by atoms with Crippen molar-refractivity contribution in [3.8, 4) is 0 Å². The molecule has 16 heavy (non-hydrogen) atoms. The molecule has 2 atom stereocenters. The Balaban J connectivity index is 2.18. The molecule has 0 bridgehead atoms. The van der Waals surface area contributed by atoms with Crippen LogP contribution in [0.4, 0.5) is 4.79 Å². The third-order valence-electron chi connectivity index (χ3n) is 2.97. The van der Waals surface area contributed by atoms with E-state index in [1.54, 1.807) is 0 Å². The molecule has 1 fully saturated rings. The van der Waals surface area contributed by atoms with E-state index < -0.39 is 11.9 Å². The summed E-state index contributed by atoms with van der Waals surface area (Å²) < 4.78 is 0. The number of carbonyl (C=O) groups excluding carboxylic acids is 2. The highest BCUT2D eigenvalue weighted by Gasteiger charge is 2.19.